The van der Waals surface area contributed by atoms with Crippen LogP contribution in [0.25, 0.3) is 0 Å². The monoisotopic (exact) mass is 521 g/mol. The number of amides is 2. The molecule has 0 aromatic heterocycles. The summed E-state index contributed by atoms with van der Waals surface area (Å²) in [6, 6.07) is 10.6. The molecule has 2 amide bonds. The van der Waals surface area contributed by atoms with Gasteiger partial charge in [-0.25, -0.2) is 13.2 Å². The Bertz CT molecular complexity index is 1160. The number of anilines is 1. The van der Waals surface area contributed by atoms with Crippen LogP contribution in [0, 0.1) is 0 Å². The van der Waals surface area contributed by atoms with E-state index < -0.39 is 28.6 Å². The quantitative estimate of drug-likeness (QED) is 0.493. The zero-order valence-electron chi connectivity index (χ0n) is 20.8. The molecule has 0 atom stereocenters. The molecule has 1 saturated heterocycles. The SMILES string of the molecule is CCOC(=O)N1CCN(C(=O)CN(c2ccc(OC)cc2)S(=O)(=O)c2ccc(OC)c(OC)c2)CC1. The molecule has 0 saturated carbocycles. The van der Waals surface area contributed by atoms with Crippen molar-refractivity contribution in [3.8, 4) is 17.2 Å². The van der Waals surface area contributed by atoms with Crippen LogP contribution in [0.2, 0.25) is 0 Å². The van der Waals surface area contributed by atoms with Gasteiger partial charge < -0.3 is 28.7 Å². The number of benzene rings is 2. The molecule has 0 aliphatic carbocycles. The van der Waals surface area contributed by atoms with Crippen LogP contribution in [0.3, 0.4) is 0 Å². The van der Waals surface area contributed by atoms with Crippen molar-refractivity contribution in [3.63, 3.8) is 0 Å². The maximum atomic E-state index is 13.7. The minimum absolute atomic E-state index is 0.0594. The third-order valence-electron chi connectivity index (χ3n) is 5.74. The Morgan fingerprint density at radius 2 is 1.47 bits per heavy atom. The molecule has 0 radical (unpaired) electrons. The zero-order chi connectivity index (χ0) is 26.3. The molecular weight excluding hydrogens is 490 g/mol. The lowest BCUT2D eigenvalue weighted by atomic mass is 10.3. The van der Waals surface area contributed by atoms with Gasteiger partial charge in [-0.15, -0.1) is 0 Å². The molecule has 36 heavy (non-hydrogen) atoms. The van der Waals surface area contributed by atoms with Crippen LogP contribution in [0.1, 0.15) is 6.92 Å². The highest BCUT2D eigenvalue weighted by Gasteiger charge is 2.32. The van der Waals surface area contributed by atoms with Crippen LogP contribution in [0.4, 0.5) is 10.5 Å². The number of nitrogens with zero attached hydrogens (tertiary/aromatic N) is 3. The van der Waals surface area contributed by atoms with Gasteiger partial charge in [-0.2, -0.15) is 0 Å². The molecule has 0 spiro atoms. The molecule has 3 rings (SSSR count). The van der Waals surface area contributed by atoms with E-state index in [2.05, 4.69) is 0 Å². The number of ether oxygens (including phenoxy) is 4. The summed E-state index contributed by atoms with van der Waals surface area (Å²) in [5, 5.41) is 0. The highest BCUT2D eigenvalue weighted by atomic mass is 32.2. The van der Waals surface area contributed by atoms with Crippen molar-refractivity contribution in [2.45, 2.75) is 11.8 Å². The molecular formula is C24H31N3O8S. The van der Waals surface area contributed by atoms with E-state index in [1.807, 2.05) is 0 Å². The van der Waals surface area contributed by atoms with Crippen molar-refractivity contribution in [1.29, 1.82) is 0 Å². The fourth-order valence-electron chi connectivity index (χ4n) is 3.74. The van der Waals surface area contributed by atoms with Crippen molar-refractivity contribution in [3.05, 3.63) is 42.5 Å². The maximum Gasteiger partial charge on any atom is 0.409 e. The summed E-state index contributed by atoms with van der Waals surface area (Å²) in [7, 11) is 0.201. The van der Waals surface area contributed by atoms with E-state index in [1.54, 1.807) is 31.2 Å². The summed E-state index contributed by atoms with van der Waals surface area (Å²) < 4.78 is 49.2. The van der Waals surface area contributed by atoms with Crippen molar-refractivity contribution < 1.29 is 37.0 Å². The van der Waals surface area contributed by atoms with Gasteiger partial charge in [0.25, 0.3) is 10.0 Å². The lowest BCUT2D eigenvalue weighted by Crippen LogP contribution is -2.53. The lowest BCUT2D eigenvalue weighted by molar-refractivity contribution is -0.131. The average molecular weight is 522 g/mol. The van der Waals surface area contributed by atoms with E-state index in [1.165, 1.54) is 49.3 Å². The predicted octanol–water partition coefficient (Wildman–Crippen LogP) is 2.21. The molecule has 0 bridgehead atoms. The fraction of sp³-hybridized carbons (Fsp3) is 0.417. The fourth-order valence-corrected chi connectivity index (χ4v) is 5.17. The first-order valence-corrected chi connectivity index (χ1v) is 12.8. The first kappa shape index (κ1) is 26.9. The number of methoxy groups -OCH3 is 3. The van der Waals surface area contributed by atoms with Crippen LogP contribution in [-0.4, -0.2) is 90.9 Å². The number of carbonyl (C=O) groups is 2. The Balaban J connectivity index is 1.88. The summed E-state index contributed by atoms with van der Waals surface area (Å²) in [6.45, 7) is 2.70. The predicted molar refractivity (Wildman–Crippen MR) is 132 cm³/mol. The van der Waals surface area contributed by atoms with E-state index in [4.69, 9.17) is 18.9 Å². The molecule has 1 fully saturated rings. The van der Waals surface area contributed by atoms with E-state index in [0.717, 1.165) is 4.31 Å². The van der Waals surface area contributed by atoms with Crippen molar-refractivity contribution in [1.82, 2.24) is 9.80 Å². The maximum absolute atomic E-state index is 13.7. The lowest BCUT2D eigenvalue weighted by Gasteiger charge is -2.35. The van der Waals surface area contributed by atoms with E-state index in [0.29, 0.717) is 30.3 Å². The van der Waals surface area contributed by atoms with Gasteiger partial charge in [-0.3, -0.25) is 9.10 Å². The summed E-state index contributed by atoms with van der Waals surface area (Å²) >= 11 is 0. The van der Waals surface area contributed by atoms with Crippen LogP contribution in [-0.2, 0) is 19.6 Å². The summed E-state index contributed by atoms with van der Waals surface area (Å²) in [4.78, 5) is 28.2. The van der Waals surface area contributed by atoms with E-state index in [-0.39, 0.29) is 30.3 Å². The first-order valence-electron chi connectivity index (χ1n) is 11.3. The first-order chi connectivity index (χ1) is 17.2. The zero-order valence-corrected chi connectivity index (χ0v) is 21.6. The molecule has 2 aromatic carbocycles. The second kappa shape index (κ2) is 11.8. The van der Waals surface area contributed by atoms with Gasteiger partial charge in [0.05, 0.1) is 38.5 Å². The minimum atomic E-state index is -4.17. The number of hydrogen-bond donors (Lipinski definition) is 0. The van der Waals surface area contributed by atoms with Crippen molar-refractivity contribution in [2.24, 2.45) is 0 Å². The average Bonchev–Trinajstić information content (AvgIpc) is 2.91. The molecule has 11 nitrogen and oxygen atoms in total. The summed E-state index contributed by atoms with van der Waals surface area (Å²) in [5.74, 6) is 0.777. The number of hydrogen-bond acceptors (Lipinski definition) is 8. The van der Waals surface area contributed by atoms with Crippen molar-refractivity contribution >= 4 is 27.7 Å². The van der Waals surface area contributed by atoms with Crippen LogP contribution >= 0.6 is 0 Å². The number of rotatable bonds is 9. The molecule has 196 valence electrons. The third kappa shape index (κ3) is 5.93. The van der Waals surface area contributed by atoms with Gasteiger partial charge in [0, 0.05) is 32.2 Å². The van der Waals surface area contributed by atoms with Gasteiger partial charge in [0.15, 0.2) is 11.5 Å². The van der Waals surface area contributed by atoms with Gasteiger partial charge in [-0.1, -0.05) is 0 Å². The van der Waals surface area contributed by atoms with Crippen LogP contribution < -0.4 is 18.5 Å². The number of sulfonamides is 1. The Kier molecular flexibility index (Phi) is 8.86. The second-order valence-corrected chi connectivity index (χ2v) is 9.66. The summed E-state index contributed by atoms with van der Waals surface area (Å²) in [5.41, 5.74) is 0.295. The molecule has 0 N–H and O–H groups in total. The Hall–Kier alpha value is -3.67. The Morgan fingerprint density at radius 3 is 2.03 bits per heavy atom. The highest BCUT2D eigenvalue weighted by molar-refractivity contribution is 7.92. The molecule has 2 aromatic rings. The molecule has 0 unspecified atom stereocenters. The molecule has 1 aliphatic heterocycles. The molecule has 1 aliphatic rings. The minimum Gasteiger partial charge on any atom is -0.497 e. The van der Waals surface area contributed by atoms with Gasteiger partial charge in [0.1, 0.15) is 12.3 Å². The Morgan fingerprint density at radius 1 is 0.861 bits per heavy atom. The number of carbonyl (C=O) groups excluding carboxylic acids is 2. The number of piperazine rings is 1. The van der Waals surface area contributed by atoms with E-state index in [9.17, 15) is 18.0 Å². The second-order valence-electron chi connectivity index (χ2n) is 7.79. The Labute approximate surface area is 211 Å². The third-order valence-corrected chi connectivity index (χ3v) is 7.51. The highest BCUT2D eigenvalue weighted by Crippen LogP contribution is 2.32. The van der Waals surface area contributed by atoms with Crippen LogP contribution in [0.5, 0.6) is 17.2 Å². The largest absolute Gasteiger partial charge is 0.497 e. The smallest absolute Gasteiger partial charge is 0.409 e. The standard InChI is InChI=1S/C24H31N3O8S/c1-5-35-24(29)26-14-12-25(13-15-26)23(28)17-27(18-6-8-19(32-2)9-7-18)36(30,31)20-10-11-21(33-3)22(16-20)34-4/h6-11,16H,5,12-15,17H2,1-4H3. The van der Waals surface area contributed by atoms with Gasteiger partial charge in [0.2, 0.25) is 5.91 Å². The normalized spacial score (nSPS) is 13.7. The van der Waals surface area contributed by atoms with Crippen LogP contribution in [0.15, 0.2) is 47.4 Å². The van der Waals surface area contributed by atoms with Crippen molar-refractivity contribution in [2.75, 3.05) is 65.0 Å². The van der Waals surface area contributed by atoms with Gasteiger partial charge in [-0.05, 0) is 43.3 Å². The summed E-state index contributed by atoms with van der Waals surface area (Å²) in [6.07, 6.45) is -0.430. The van der Waals surface area contributed by atoms with Gasteiger partial charge >= 0.3 is 6.09 Å². The topological polar surface area (TPSA) is 115 Å². The van der Waals surface area contributed by atoms with E-state index >= 15 is 0 Å². The molecule has 12 heteroatoms. The molecule has 1 heterocycles.